The van der Waals surface area contributed by atoms with E-state index in [4.69, 9.17) is 0 Å². The van der Waals surface area contributed by atoms with Crippen LogP contribution in [-0.2, 0) is 0 Å². The summed E-state index contributed by atoms with van der Waals surface area (Å²) in [6.07, 6.45) is 1.97. The van der Waals surface area contributed by atoms with E-state index >= 15 is 0 Å². The first kappa shape index (κ1) is 12.4. The molecule has 0 amide bonds. The average molecular weight is 224 g/mol. The van der Waals surface area contributed by atoms with Gasteiger partial charge in [0.15, 0.2) is 0 Å². The van der Waals surface area contributed by atoms with Crippen LogP contribution in [0.3, 0.4) is 0 Å². The number of nitrogens with zero attached hydrogens (tertiary/aromatic N) is 2. The van der Waals surface area contributed by atoms with Crippen molar-refractivity contribution in [2.75, 3.05) is 19.0 Å². The van der Waals surface area contributed by atoms with Crippen LogP contribution < -0.4 is 4.90 Å². The first-order chi connectivity index (χ1) is 6.79. The molecule has 3 heteroatoms. The van der Waals surface area contributed by atoms with Gasteiger partial charge in [-0.05, 0) is 18.6 Å². The van der Waals surface area contributed by atoms with Crippen molar-refractivity contribution in [2.24, 2.45) is 0 Å². The molecule has 0 aliphatic heterocycles. The van der Waals surface area contributed by atoms with Crippen molar-refractivity contribution in [3.8, 4) is 0 Å². The van der Waals surface area contributed by atoms with Gasteiger partial charge in [-0.1, -0.05) is 20.8 Å². The van der Waals surface area contributed by atoms with Crippen LogP contribution in [0.5, 0.6) is 0 Å². The van der Waals surface area contributed by atoms with Crippen molar-refractivity contribution in [3.63, 3.8) is 0 Å². The van der Waals surface area contributed by atoms with Gasteiger partial charge in [-0.15, -0.1) is 11.8 Å². The zero-order valence-electron chi connectivity index (χ0n) is 10.5. The molecule has 2 nitrogen and oxygen atoms in total. The van der Waals surface area contributed by atoms with Crippen LogP contribution in [0.15, 0.2) is 17.2 Å². The lowest BCUT2D eigenvalue weighted by Gasteiger charge is -2.20. The average Bonchev–Trinajstić information content (AvgIpc) is 2.05. The van der Waals surface area contributed by atoms with E-state index in [9.17, 15) is 0 Å². The molecular formula is C12H20N2S. The number of hydrogen-bond acceptors (Lipinski definition) is 3. The Bertz CT molecular complexity index is 340. The Hall–Kier alpha value is -0.700. The molecule has 1 rings (SSSR count). The van der Waals surface area contributed by atoms with Crippen LogP contribution in [0.25, 0.3) is 0 Å². The van der Waals surface area contributed by atoms with Crippen LogP contribution >= 0.6 is 11.8 Å². The van der Waals surface area contributed by atoms with Crippen molar-refractivity contribution in [2.45, 2.75) is 37.3 Å². The van der Waals surface area contributed by atoms with Crippen LogP contribution in [0, 0.1) is 6.92 Å². The number of thioether (sulfide) groups is 1. The fourth-order valence-corrected chi connectivity index (χ4v) is 2.19. The highest BCUT2D eigenvalue weighted by Crippen LogP contribution is 2.34. The van der Waals surface area contributed by atoms with Crippen LogP contribution in [0.1, 0.15) is 26.3 Å². The lowest BCUT2D eigenvalue weighted by atomic mass is 10.2. The molecule has 0 N–H and O–H groups in total. The summed E-state index contributed by atoms with van der Waals surface area (Å²) < 4.78 is 0.242. The lowest BCUT2D eigenvalue weighted by molar-refractivity contribution is 0.801. The zero-order chi connectivity index (χ0) is 11.6. The summed E-state index contributed by atoms with van der Waals surface area (Å²) in [5.41, 5.74) is 1.30. The molecule has 0 unspecified atom stereocenters. The monoisotopic (exact) mass is 224 g/mol. The molecule has 0 spiro atoms. The summed E-state index contributed by atoms with van der Waals surface area (Å²) in [7, 11) is 4.02. The van der Waals surface area contributed by atoms with Gasteiger partial charge in [0.1, 0.15) is 5.82 Å². The number of aromatic nitrogens is 1. The molecule has 1 aromatic rings. The highest BCUT2D eigenvalue weighted by molar-refractivity contribution is 8.00. The summed E-state index contributed by atoms with van der Waals surface area (Å²) in [4.78, 5) is 7.73. The minimum Gasteiger partial charge on any atom is -0.363 e. The zero-order valence-corrected chi connectivity index (χ0v) is 11.3. The largest absolute Gasteiger partial charge is 0.363 e. The Morgan fingerprint density at radius 2 is 1.87 bits per heavy atom. The van der Waals surface area contributed by atoms with E-state index in [1.807, 2.05) is 37.0 Å². The maximum atomic E-state index is 4.43. The second-order valence-corrected chi connectivity index (χ2v) is 6.79. The van der Waals surface area contributed by atoms with E-state index < -0.39 is 0 Å². The lowest BCUT2D eigenvalue weighted by Crippen LogP contribution is -2.11. The third-order valence-corrected chi connectivity index (χ3v) is 3.18. The van der Waals surface area contributed by atoms with Crippen molar-refractivity contribution in [1.29, 1.82) is 0 Å². The second kappa shape index (κ2) is 4.44. The van der Waals surface area contributed by atoms with Crippen LogP contribution in [0.2, 0.25) is 0 Å². The van der Waals surface area contributed by atoms with Gasteiger partial charge in [-0.2, -0.15) is 0 Å². The molecule has 15 heavy (non-hydrogen) atoms. The first-order valence-corrected chi connectivity index (χ1v) is 5.94. The molecule has 0 aliphatic carbocycles. The minimum absolute atomic E-state index is 0.242. The van der Waals surface area contributed by atoms with Gasteiger partial charge >= 0.3 is 0 Å². The molecule has 1 aromatic heterocycles. The van der Waals surface area contributed by atoms with Gasteiger partial charge in [-0.25, -0.2) is 4.98 Å². The third-order valence-electron chi connectivity index (χ3n) is 1.92. The molecule has 0 atom stereocenters. The SMILES string of the molecule is Cc1cc(N(C)C)ncc1SC(C)(C)C. The number of aryl methyl sites for hydroxylation is 1. The molecule has 0 fully saturated rings. The molecule has 1 heterocycles. The Labute approximate surface area is 97.1 Å². The highest BCUT2D eigenvalue weighted by atomic mass is 32.2. The van der Waals surface area contributed by atoms with Gasteiger partial charge in [0, 0.05) is 29.9 Å². The summed E-state index contributed by atoms with van der Waals surface area (Å²) in [5, 5.41) is 0. The summed E-state index contributed by atoms with van der Waals surface area (Å²) in [5.74, 6) is 1.02. The first-order valence-electron chi connectivity index (χ1n) is 5.12. The van der Waals surface area contributed by atoms with E-state index in [-0.39, 0.29) is 4.75 Å². The normalized spacial score (nSPS) is 11.6. The predicted octanol–water partition coefficient (Wildman–Crippen LogP) is 3.35. The molecular weight excluding hydrogens is 204 g/mol. The van der Waals surface area contributed by atoms with Crippen molar-refractivity contribution >= 4 is 17.6 Å². The van der Waals surface area contributed by atoms with Crippen LogP contribution in [0.4, 0.5) is 5.82 Å². The minimum atomic E-state index is 0.242. The smallest absolute Gasteiger partial charge is 0.128 e. The van der Waals surface area contributed by atoms with Gasteiger partial charge < -0.3 is 4.90 Å². The summed E-state index contributed by atoms with van der Waals surface area (Å²) in [6, 6.07) is 2.13. The van der Waals surface area contributed by atoms with Crippen LogP contribution in [-0.4, -0.2) is 23.8 Å². The molecule has 0 aromatic carbocycles. The second-order valence-electron chi connectivity index (χ2n) is 4.92. The van der Waals surface area contributed by atoms with E-state index in [0.29, 0.717) is 0 Å². The number of pyridine rings is 1. The Balaban J connectivity index is 2.94. The van der Waals surface area contributed by atoms with Gasteiger partial charge in [-0.3, -0.25) is 0 Å². The fraction of sp³-hybridized carbons (Fsp3) is 0.583. The van der Waals surface area contributed by atoms with Gasteiger partial charge in [0.05, 0.1) is 0 Å². The fourth-order valence-electron chi connectivity index (χ4n) is 1.21. The summed E-state index contributed by atoms with van der Waals surface area (Å²) in [6.45, 7) is 8.80. The molecule has 84 valence electrons. The van der Waals surface area contributed by atoms with E-state index in [2.05, 4.69) is 38.7 Å². The molecule has 0 aliphatic rings. The maximum absolute atomic E-state index is 4.43. The third kappa shape index (κ3) is 3.74. The Morgan fingerprint density at radius 1 is 1.27 bits per heavy atom. The predicted molar refractivity (Wildman–Crippen MR) is 68.9 cm³/mol. The Morgan fingerprint density at radius 3 is 2.27 bits per heavy atom. The number of hydrogen-bond donors (Lipinski definition) is 0. The molecule has 0 bridgehead atoms. The van der Waals surface area contributed by atoms with Crippen molar-refractivity contribution < 1.29 is 0 Å². The van der Waals surface area contributed by atoms with E-state index in [1.54, 1.807) is 0 Å². The van der Waals surface area contributed by atoms with E-state index in [0.717, 1.165) is 5.82 Å². The molecule has 0 radical (unpaired) electrons. The molecule has 0 saturated carbocycles. The summed E-state index contributed by atoms with van der Waals surface area (Å²) >= 11 is 1.87. The molecule has 0 saturated heterocycles. The standard InChI is InChI=1S/C12H20N2S/c1-9-7-11(14(5)6)13-8-10(9)15-12(2,3)4/h7-8H,1-6H3. The topological polar surface area (TPSA) is 16.1 Å². The Kier molecular flexibility index (Phi) is 3.66. The number of anilines is 1. The highest BCUT2D eigenvalue weighted by Gasteiger charge is 2.14. The maximum Gasteiger partial charge on any atom is 0.128 e. The number of rotatable bonds is 2. The van der Waals surface area contributed by atoms with E-state index in [1.165, 1.54) is 10.5 Å². The van der Waals surface area contributed by atoms with Crippen molar-refractivity contribution in [1.82, 2.24) is 4.98 Å². The van der Waals surface area contributed by atoms with Gasteiger partial charge in [0.25, 0.3) is 0 Å². The van der Waals surface area contributed by atoms with Crippen molar-refractivity contribution in [3.05, 3.63) is 17.8 Å². The van der Waals surface area contributed by atoms with Gasteiger partial charge in [0.2, 0.25) is 0 Å². The quantitative estimate of drug-likeness (QED) is 0.717.